The third-order valence-electron chi connectivity index (χ3n) is 7.00. The van der Waals surface area contributed by atoms with Gasteiger partial charge in [0, 0.05) is 26.2 Å². The molecule has 0 aromatic heterocycles. The first-order chi connectivity index (χ1) is 16.2. The fraction of sp³-hybridized carbons (Fsp3) is 0.577. The fourth-order valence-corrected chi connectivity index (χ4v) is 6.34. The first kappa shape index (κ1) is 23.4. The standard InChI is InChI=1S/C26H33N3O4S/c1-25(2,3)33-24(31)29-13-6-8-18(10-14-29)21-22(30)27-23(34-21)28-15-11-26(12-16-28)20-9-5-4-7-19(20)17-32-26/h4-5,7,9H,6,8,10-17H2,1-3H3/b21-18-. The molecule has 1 spiro atoms. The number of benzene rings is 1. The zero-order chi connectivity index (χ0) is 23.9. The highest BCUT2D eigenvalue weighted by atomic mass is 32.2. The minimum Gasteiger partial charge on any atom is -0.444 e. The van der Waals surface area contributed by atoms with Crippen LogP contribution in [0.1, 0.15) is 64.0 Å². The van der Waals surface area contributed by atoms with Gasteiger partial charge < -0.3 is 19.3 Å². The summed E-state index contributed by atoms with van der Waals surface area (Å²) in [6.45, 7) is 9.17. The van der Waals surface area contributed by atoms with E-state index in [1.165, 1.54) is 22.9 Å². The van der Waals surface area contributed by atoms with Crippen molar-refractivity contribution in [1.29, 1.82) is 0 Å². The van der Waals surface area contributed by atoms with Crippen molar-refractivity contribution < 1.29 is 19.1 Å². The van der Waals surface area contributed by atoms with Gasteiger partial charge in [-0.15, -0.1) is 0 Å². The van der Waals surface area contributed by atoms with E-state index in [2.05, 4.69) is 34.2 Å². The Morgan fingerprint density at radius 1 is 1.12 bits per heavy atom. The molecule has 182 valence electrons. The quantitative estimate of drug-likeness (QED) is 0.493. The number of piperidine rings is 1. The molecule has 2 amide bonds. The Kier molecular flexibility index (Phi) is 6.23. The minimum atomic E-state index is -0.511. The van der Waals surface area contributed by atoms with E-state index in [-0.39, 0.29) is 17.6 Å². The molecule has 0 atom stereocenters. The zero-order valence-corrected chi connectivity index (χ0v) is 21.1. The summed E-state index contributed by atoms with van der Waals surface area (Å²) in [6.07, 6.45) is 3.83. The monoisotopic (exact) mass is 483 g/mol. The molecule has 5 rings (SSSR count). The van der Waals surface area contributed by atoms with Gasteiger partial charge in [0.25, 0.3) is 5.91 Å². The van der Waals surface area contributed by atoms with E-state index in [1.54, 1.807) is 4.90 Å². The highest BCUT2D eigenvalue weighted by molar-refractivity contribution is 8.18. The molecule has 0 aliphatic carbocycles. The summed E-state index contributed by atoms with van der Waals surface area (Å²) in [6, 6.07) is 8.51. The van der Waals surface area contributed by atoms with E-state index >= 15 is 0 Å². The normalized spacial score (nSPS) is 24.8. The second kappa shape index (κ2) is 9.04. The molecule has 4 aliphatic rings. The van der Waals surface area contributed by atoms with Gasteiger partial charge in [-0.2, -0.15) is 4.99 Å². The Morgan fingerprint density at radius 3 is 2.65 bits per heavy atom. The van der Waals surface area contributed by atoms with E-state index < -0.39 is 5.60 Å². The van der Waals surface area contributed by atoms with Gasteiger partial charge in [-0.3, -0.25) is 4.79 Å². The zero-order valence-electron chi connectivity index (χ0n) is 20.3. The molecule has 1 aromatic carbocycles. The van der Waals surface area contributed by atoms with Crippen LogP contribution in [0.5, 0.6) is 0 Å². The van der Waals surface area contributed by atoms with Crippen LogP contribution in [-0.4, -0.2) is 58.7 Å². The molecule has 2 saturated heterocycles. The third kappa shape index (κ3) is 4.62. The van der Waals surface area contributed by atoms with Crippen molar-refractivity contribution in [1.82, 2.24) is 9.80 Å². The number of hydrogen-bond acceptors (Lipinski definition) is 6. The lowest BCUT2D eigenvalue weighted by atomic mass is 9.84. The predicted octanol–water partition coefficient (Wildman–Crippen LogP) is 4.81. The molecule has 34 heavy (non-hydrogen) atoms. The second-order valence-electron chi connectivity index (χ2n) is 10.5. The van der Waals surface area contributed by atoms with Crippen LogP contribution in [0.15, 0.2) is 39.7 Å². The number of carbonyl (C=O) groups excluding carboxylic acids is 2. The molecular weight excluding hydrogens is 450 g/mol. The molecule has 0 unspecified atom stereocenters. The van der Waals surface area contributed by atoms with Crippen LogP contribution in [0, 0.1) is 0 Å². The molecule has 0 radical (unpaired) electrons. The molecule has 2 fully saturated rings. The van der Waals surface area contributed by atoms with Gasteiger partial charge >= 0.3 is 6.09 Å². The van der Waals surface area contributed by atoms with Crippen LogP contribution in [0.2, 0.25) is 0 Å². The van der Waals surface area contributed by atoms with Gasteiger partial charge in [0.15, 0.2) is 5.17 Å². The summed E-state index contributed by atoms with van der Waals surface area (Å²) in [5, 5.41) is 0.807. The molecule has 8 heteroatoms. The Labute approximate surface area is 205 Å². The van der Waals surface area contributed by atoms with E-state index in [1.807, 2.05) is 20.8 Å². The minimum absolute atomic E-state index is 0.136. The van der Waals surface area contributed by atoms with Crippen molar-refractivity contribution in [3.05, 3.63) is 45.9 Å². The fourth-order valence-electron chi connectivity index (χ4n) is 5.24. The summed E-state index contributed by atoms with van der Waals surface area (Å²) in [4.78, 5) is 34.5. The molecule has 4 heterocycles. The number of amides is 2. The summed E-state index contributed by atoms with van der Waals surface area (Å²) in [7, 11) is 0. The second-order valence-corrected chi connectivity index (χ2v) is 11.5. The van der Waals surface area contributed by atoms with Gasteiger partial charge in [0.1, 0.15) is 5.60 Å². The van der Waals surface area contributed by atoms with Crippen molar-refractivity contribution in [2.24, 2.45) is 4.99 Å². The number of hydrogen-bond donors (Lipinski definition) is 0. The molecule has 1 aromatic rings. The molecule has 0 N–H and O–H groups in total. The summed E-state index contributed by atoms with van der Waals surface area (Å²) >= 11 is 1.51. The molecule has 0 bridgehead atoms. The van der Waals surface area contributed by atoms with Crippen LogP contribution in [-0.2, 0) is 26.5 Å². The number of thioether (sulfide) groups is 1. The van der Waals surface area contributed by atoms with Crippen molar-refractivity contribution >= 4 is 28.9 Å². The third-order valence-corrected chi connectivity index (χ3v) is 8.20. The number of nitrogens with zero attached hydrogens (tertiary/aromatic N) is 3. The van der Waals surface area contributed by atoms with E-state index in [4.69, 9.17) is 9.47 Å². The number of rotatable bonds is 0. The number of carbonyl (C=O) groups is 2. The molecular formula is C26H33N3O4S. The van der Waals surface area contributed by atoms with Crippen LogP contribution >= 0.6 is 11.8 Å². The Morgan fingerprint density at radius 2 is 1.88 bits per heavy atom. The Hall–Kier alpha value is -2.32. The maximum Gasteiger partial charge on any atom is 0.410 e. The highest BCUT2D eigenvalue weighted by Crippen LogP contribution is 2.45. The summed E-state index contributed by atoms with van der Waals surface area (Å²) in [5.41, 5.74) is 3.02. The van der Waals surface area contributed by atoms with Crippen molar-refractivity contribution in [2.45, 2.75) is 70.7 Å². The van der Waals surface area contributed by atoms with Gasteiger partial charge in [-0.25, -0.2) is 4.79 Å². The SMILES string of the molecule is CC(C)(C)OC(=O)N1CCC/C(=C2/SC(N3CCC4(CC3)OCc3ccccc34)=NC2=O)CC1. The number of aliphatic imine (C=N–C) groups is 1. The maximum atomic E-state index is 12.8. The van der Waals surface area contributed by atoms with E-state index in [0.29, 0.717) is 26.1 Å². The number of fused-ring (bicyclic) bond motifs is 2. The lowest BCUT2D eigenvalue weighted by molar-refractivity contribution is -0.113. The topological polar surface area (TPSA) is 71.4 Å². The van der Waals surface area contributed by atoms with E-state index in [9.17, 15) is 9.59 Å². The molecule has 4 aliphatic heterocycles. The maximum absolute atomic E-state index is 12.8. The lowest BCUT2D eigenvalue weighted by Crippen LogP contribution is -2.44. The van der Waals surface area contributed by atoms with Crippen molar-refractivity contribution in [3.8, 4) is 0 Å². The highest BCUT2D eigenvalue weighted by Gasteiger charge is 2.43. The number of amidine groups is 1. The average molecular weight is 484 g/mol. The van der Waals surface area contributed by atoms with Gasteiger partial charge in [-0.05, 0) is 81.3 Å². The largest absolute Gasteiger partial charge is 0.444 e. The van der Waals surface area contributed by atoms with Crippen molar-refractivity contribution in [2.75, 3.05) is 26.2 Å². The molecule has 0 saturated carbocycles. The van der Waals surface area contributed by atoms with Crippen LogP contribution < -0.4 is 0 Å². The predicted molar refractivity (Wildman–Crippen MR) is 132 cm³/mol. The Bertz CT molecular complexity index is 1050. The molecule has 7 nitrogen and oxygen atoms in total. The summed E-state index contributed by atoms with van der Waals surface area (Å²) in [5.74, 6) is -0.136. The van der Waals surface area contributed by atoms with Crippen LogP contribution in [0.3, 0.4) is 0 Å². The first-order valence-electron chi connectivity index (χ1n) is 12.2. The number of likely N-dealkylation sites (tertiary alicyclic amines) is 2. The first-order valence-corrected chi connectivity index (χ1v) is 13.0. The smallest absolute Gasteiger partial charge is 0.410 e. The van der Waals surface area contributed by atoms with Gasteiger partial charge in [-0.1, -0.05) is 24.3 Å². The number of ether oxygens (including phenoxy) is 2. The Balaban J connectivity index is 1.21. The average Bonchev–Trinajstić information content (AvgIpc) is 3.24. The van der Waals surface area contributed by atoms with Crippen molar-refractivity contribution in [3.63, 3.8) is 0 Å². The van der Waals surface area contributed by atoms with Gasteiger partial charge in [0.2, 0.25) is 0 Å². The van der Waals surface area contributed by atoms with Gasteiger partial charge in [0.05, 0.1) is 17.1 Å². The van der Waals surface area contributed by atoms with Crippen LogP contribution in [0.25, 0.3) is 0 Å². The van der Waals surface area contributed by atoms with Crippen LogP contribution in [0.4, 0.5) is 4.79 Å². The van der Waals surface area contributed by atoms with E-state index in [0.717, 1.165) is 54.4 Å². The summed E-state index contributed by atoms with van der Waals surface area (Å²) < 4.78 is 11.8. The lowest BCUT2D eigenvalue weighted by Gasteiger charge is -2.39.